The summed E-state index contributed by atoms with van der Waals surface area (Å²) in [5, 5.41) is 0. The van der Waals surface area contributed by atoms with Crippen LogP contribution in [0.3, 0.4) is 0 Å². The fourth-order valence-corrected chi connectivity index (χ4v) is 1.64. The van der Waals surface area contributed by atoms with E-state index in [1.165, 1.54) is 5.56 Å². The van der Waals surface area contributed by atoms with E-state index >= 15 is 0 Å². The Bertz CT molecular complexity index is 282. The molecule has 0 aromatic heterocycles. The summed E-state index contributed by atoms with van der Waals surface area (Å²) in [6.07, 6.45) is 1.01. The minimum Gasteiger partial charge on any atom is -0.302 e. The van der Waals surface area contributed by atoms with Gasteiger partial charge in [0, 0.05) is 5.92 Å². The molecular formula is C12H17NO. The number of carbonyl (C=O) groups is 1. The number of hydrogen-bond donors (Lipinski definition) is 0. The summed E-state index contributed by atoms with van der Waals surface area (Å²) in [7, 11) is 3.86. The predicted octanol–water partition coefficient (Wildman–Crippen LogP) is 1.92. The maximum absolute atomic E-state index is 10.9. The monoisotopic (exact) mass is 191 g/mol. The third-order valence-corrected chi connectivity index (χ3v) is 2.57. The van der Waals surface area contributed by atoms with Crippen LogP contribution in [0.25, 0.3) is 0 Å². The molecule has 0 N–H and O–H groups in total. The average Bonchev–Trinajstić information content (AvgIpc) is 2.19. The van der Waals surface area contributed by atoms with Crippen LogP contribution in [0.5, 0.6) is 0 Å². The molecule has 1 aromatic carbocycles. The van der Waals surface area contributed by atoms with Crippen molar-refractivity contribution in [3.8, 4) is 0 Å². The summed E-state index contributed by atoms with van der Waals surface area (Å²) in [6.45, 7) is 2.08. The smallest absolute Gasteiger partial charge is 0.137 e. The van der Waals surface area contributed by atoms with Gasteiger partial charge in [-0.1, -0.05) is 37.3 Å². The fraction of sp³-hybridized carbons (Fsp3) is 0.417. The van der Waals surface area contributed by atoms with Crippen molar-refractivity contribution < 1.29 is 4.79 Å². The van der Waals surface area contributed by atoms with Crippen LogP contribution in [-0.4, -0.2) is 31.3 Å². The molecule has 1 aromatic rings. The largest absolute Gasteiger partial charge is 0.302 e. The van der Waals surface area contributed by atoms with Crippen LogP contribution in [0.1, 0.15) is 18.4 Å². The minimum absolute atomic E-state index is 0.0441. The van der Waals surface area contributed by atoms with Gasteiger partial charge in [0.25, 0.3) is 0 Å². The molecule has 0 aliphatic rings. The molecule has 0 radical (unpaired) electrons. The Labute approximate surface area is 85.5 Å². The third kappa shape index (κ3) is 2.42. The van der Waals surface area contributed by atoms with E-state index in [1.807, 2.05) is 37.2 Å². The molecule has 0 saturated heterocycles. The highest BCUT2D eigenvalue weighted by molar-refractivity contribution is 5.59. The zero-order valence-corrected chi connectivity index (χ0v) is 8.97. The van der Waals surface area contributed by atoms with Crippen molar-refractivity contribution in [3.63, 3.8) is 0 Å². The topological polar surface area (TPSA) is 20.3 Å². The molecular weight excluding hydrogens is 174 g/mol. The zero-order valence-electron chi connectivity index (χ0n) is 8.97. The Hall–Kier alpha value is -1.15. The van der Waals surface area contributed by atoms with Crippen LogP contribution in [-0.2, 0) is 4.79 Å². The Balaban J connectivity index is 2.83. The number of carbonyl (C=O) groups excluding carboxylic acids is 1. The highest BCUT2D eigenvalue weighted by Crippen LogP contribution is 2.20. The standard InChI is InChI=1S/C12H17NO/c1-10(12(9-14)13(2)3)11-7-5-4-6-8-11/h4-10,12H,1-3H3. The van der Waals surface area contributed by atoms with Gasteiger partial charge in [0.2, 0.25) is 0 Å². The molecule has 0 saturated carbocycles. The van der Waals surface area contributed by atoms with E-state index in [4.69, 9.17) is 0 Å². The minimum atomic E-state index is -0.0441. The lowest BCUT2D eigenvalue weighted by Crippen LogP contribution is -2.34. The van der Waals surface area contributed by atoms with Crippen LogP contribution in [0.4, 0.5) is 0 Å². The van der Waals surface area contributed by atoms with Crippen LogP contribution in [0.2, 0.25) is 0 Å². The van der Waals surface area contributed by atoms with Crippen molar-refractivity contribution in [3.05, 3.63) is 35.9 Å². The SMILES string of the molecule is CC(c1ccccc1)C(C=O)N(C)C. The predicted molar refractivity (Wildman–Crippen MR) is 58.4 cm³/mol. The fourth-order valence-electron chi connectivity index (χ4n) is 1.64. The Morgan fingerprint density at radius 2 is 1.79 bits per heavy atom. The molecule has 0 aliphatic heterocycles. The number of likely N-dealkylation sites (N-methyl/N-ethyl adjacent to an activating group) is 1. The zero-order chi connectivity index (χ0) is 10.6. The maximum Gasteiger partial charge on any atom is 0.137 e. The highest BCUT2D eigenvalue weighted by Gasteiger charge is 2.19. The lowest BCUT2D eigenvalue weighted by molar-refractivity contribution is -0.112. The Morgan fingerprint density at radius 1 is 1.21 bits per heavy atom. The maximum atomic E-state index is 10.9. The molecule has 0 aliphatic carbocycles. The molecule has 0 heterocycles. The second-order valence-corrected chi connectivity index (χ2v) is 3.79. The molecule has 2 heteroatoms. The molecule has 2 atom stereocenters. The summed E-state index contributed by atoms with van der Waals surface area (Å²) in [4.78, 5) is 12.9. The number of rotatable bonds is 4. The number of aldehydes is 1. The van der Waals surface area contributed by atoms with Crippen molar-refractivity contribution in [2.45, 2.75) is 18.9 Å². The van der Waals surface area contributed by atoms with Gasteiger partial charge >= 0.3 is 0 Å². The molecule has 2 unspecified atom stereocenters. The quantitative estimate of drug-likeness (QED) is 0.678. The Morgan fingerprint density at radius 3 is 2.21 bits per heavy atom. The number of nitrogens with zero attached hydrogens (tertiary/aromatic N) is 1. The average molecular weight is 191 g/mol. The summed E-state index contributed by atoms with van der Waals surface area (Å²) in [5.41, 5.74) is 1.21. The first-order valence-electron chi connectivity index (χ1n) is 4.83. The van der Waals surface area contributed by atoms with E-state index in [-0.39, 0.29) is 12.0 Å². The van der Waals surface area contributed by atoms with Gasteiger partial charge in [0.15, 0.2) is 0 Å². The van der Waals surface area contributed by atoms with Gasteiger partial charge in [-0.05, 0) is 19.7 Å². The van der Waals surface area contributed by atoms with Crippen molar-refractivity contribution in [1.82, 2.24) is 4.90 Å². The molecule has 0 amide bonds. The van der Waals surface area contributed by atoms with Gasteiger partial charge in [0.1, 0.15) is 6.29 Å². The highest BCUT2D eigenvalue weighted by atomic mass is 16.1. The molecule has 1 rings (SSSR count). The molecule has 0 fully saturated rings. The normalized spacial score (nSPS) is 15.1. The first kappa shape index (κ1) is 10.9. The van der Waals surface area contributed by atoms with Crippen molar-refractivity contribution in [1.29, 1.82) is 0 Å². The third-order valence-electron chi connectivity index (χ3n) is 2.57. The Kier molecular flexibility index (Phi) is 3.84. The van der Waals surface area contributed by atoms with Gasteiger partial charge in [-0.2, -0.15) is 0 Å². The summed E-state index contributed by atoms with van der Waals surface area (Å²) < 4.78 is 0. The van der Waals surface area contributed by atoms with Gasteiger partial charge in [-0.15, -0.1) is 0 Å². The van der Waals surface area contributed by atoms with Crippen LogP contribution < -0.4 is 0 Å². The number of benzene rings is 1. The lowest BCUT2D eigenvalue weighted by atomic mass is 9.93. The van der Waals surface area contributed by atoms with Crippen LogP contribution in [0, 0.1) is 0 Å². The molecule has 76 valence electrons. The van der Waals surface area contributed by atoms with Crippen LogP contribution in [0.15, 0.2) is 30.3 Å². The first-order chi connectivity index (χ1) is 6.66. The molecule has 14 heavy (non-hydrogen) atoms. The second kappa shape index (κ2) is 4.91. The van der Waals surface area contributed by atoms with Gasteiger partial charge in [-0.3, -0.25) is 4.90 Å². The van der Waals surface area contributed by atoms with E-state index in [0.717, 1.165) is 6.29 Å². The summed E-state index contributed by atoms with van der Waals surface area (Å²) in [6, 6.07) is 10.1. The van der Waals surface area contributed by atoms with Gasteiger partial charge in [-0.25, -0.2) is 0 Å². The second-order valence-electron chi connectivity index (χ2n) is 3.79. The van der Waals surface area contributed by atoms with Crippen LogP contribution >= 0.6 is 0 Å². The van der Waals surface area contributed by atoms with E-state index in [1.54, 1.807) is 0 Å². The van der Waals surface area contributed by atoms with E-state index < -0.39 is 0 Å². The molecule has 2 nitrogen and oxygen atoms in total. The van der Waals surface area contributed by atoms with Crippen molar-refractivity contribution in [2.24, 2.45) is 0 Å². The summed E-state index contributed by atoms with van der Waals surface area (Å²) >= 11 is 0. The van der Waals surface area contributed by atoms with E-state index in [2.05, 4.69) is 19.1 Å². The number of hydrogen-bond acceptors (Lipinski definition) is 2. The lowest BCUT2D eigenvalue weighted by Gasteiger charge is -2.25. The van der Waals surface area contributed by atoms with Crippen molar-refractivity contribution >= 4 is 6.29 Å². The molecule has 0 bridgehead atoms. The van der Waals surface area contributed by atoms with Crippen molar-refractivity contribution in [2.75, 3.05) is 14.1 Å². The van der Waals surface area contributed by atoms with Gasteiger partial charge in [0.05, 0.1) is 6.04 Å². The van der Waals surface area contributed by atoms with E-state index in [9.17, 15) is 4.79 Å². The summed E-state index contributed by atoms with van der Waals surface area (Å²) in [5.74, 6) is 0.240. The first-order valence-corrected chi connectivity index (χ1v) is 4.83. The van der Waals surface area contributed by atoms with E-state index in [0.29, 0.717) is 0 Å². The molecule has 0 spiro atoms. The van der Waals surface area contributed by atoms with Gasteiger partial charge < -0.3 is 4.79 Å².